The van der Waals surface area contributed by atoms with Gasteiger partial charge in [-0.15, -0.1) is 0 Å². The Hall–Kier alpha value is -1.38. The highest BCUT2D eigenvalue weighted by molar-refractivity contribution is 5.86. The second kappa shape index (κ2) is 4.71. The van der Waals surface area contributed by atoms with Crippen LogP contribution in [0.3, 0.4) is 0 Å². The first-order valence-electron chi connectivity index (χ1n) is 6.73. The minimum Gasteiger partial charge on any atom is -0.328 e. The average molecular weight is 240 g/mol. The van der Waals surface area contributed by atoms with Gasteiger partial charge in [-0.25, -0.2) is 0 Å². The van der Waals surface area contributed by atoms with Crippen LogP contribution in [-0.2, 0) is 0 Å². The molecule has 2 aromatic carbocycles. The number of benzene rings is 2. The summed E-state index contributed by atoms with van der Waals surface area (Å²) < 4.78 is 0. The van der Waals surface area contributed by atoms with Crippen LogP contribution in [0, 0.1) is 0 Å². The van der Waals surface area contributed by atoms with Crippen LogP contribution in [0.2, 0.25) is 0 Å². The molecule has 2 nitrogen and oxygen atoms in total. The largest absolute Gasteiger partial charge is 0.328 e. The summed E-state index contributed by atoms with van der Waals surface area (Å²) in [4.78, 5) is 0. The van der Waals surface area contributed by atoms with Gasteiger partial charge in [0, 0.05) is 18.1 Å². The van der Waals surface area contributed by atoms with Crippen LogP contribution in [0.1, 0.15) is 31.4 Å². The van der Waals surface area contributed by atoms with E-state index < -0.39 is 0 Å². The molecule has 0 radical (unpaired) electrons. The molecule has 0 aromatic heterocycles. The molecule has 94 valence electrons. The molecule has 0 bridgehead atoms. The van der Waals surface area contributed by atoms with Crippen molar-refractivity contribution in [2.45, 2.75) is 37.9 Å². The predicted molar refractivity (Wildman–Crippen MR) is 76.5 cm³/mol. The second-order valence-corrected chi connectivity index (χ2v) is 5.39. The van der Waals surface area contributed by atoms with Crippen molar-refractivity contribution >= 4 is 10.8 Å². The van der Waals surface area contributed by atoms with E-state index in [1.54, 1.807) is 0 Å². The lowest BCUT2D eigenvalue weighted by Gasteiger charge is -2.35. The highest BCUT2D eigenvalue weighted by atomic mass is 15.0. The molecule has 3 N–H and O–H groups in total. The molecule has 1 fully saturated rings. The van der Waals surface area contributed by atoms with E-state index in [4.69, 9.17) is 5.73 Å². The summed E-state index contributed by atoms with van der Waals surface area (Å²) in [6, 6.07) is 16.5. The van der Waals surface area contributed by atoms with Gasteiger partial charge < -0.3 is 11.1 Å². The number of hydrogen-bond acceptors (Lipinski definition) is 2. The molecule has 18 heavy (non-hydrogen) atoms. The first-order chi connectivity index (χ1) is 8.74. The highest BCUT2D eigenvalue weighted by Crippen LogP contribution is 2.27. The number of rotatable bonds is 3. The number of hydrogen-bond donors (Lipinski definition) is 2. The number of nitrogens with one attached hydrogen (secondary N) is 1. The fraction of sp³-hybridized carbons (Fsp3) is 0.375. The quantitative estimate of drug-likeness (QED) is 0.865. The van der Waals surface area contributed by atoms with Gasteiger partial charge in [0.15, 0.2) is 0 Å². The smallest absolute Gasteiger partial charge is 0.0300 e. The Kier molecular flexibility index (Phi) is 3.06. The summed E-state index contributed by atoms with van der Waals surface area (Å²) in [5.74, 6) is 0. The van der Waals surface area contributed by atoms with E-state index in [0.29, 0.717) is 18.1 Å². The minimum atomic E-state index is 0.383. The zero-order valence-electron chi connectivity index (χ0n) is 10.8. The Balaban J connectivity index is 1.84. The third-order valence-electron chi connectivity index (χ3n) is 3.95. The Bertz CT molecular complexity index is 538. The molecule has 1 unspecified atom stereocenters. The third-order valence-corrected chi connectivity index (χ3v) is 3.95. The SMILES string of the molecule is CC(NC1CC(N)C1)c1cccc2ccccc12. The zero-order valence-corrected chi connectivity index (χ0v) is 10.8. The van der Waals surface area contributed by atoms with E-state index in [9.17, 15) is 0 Å². The second-order valence-electron chi connectivity index (χ2n) is 5.39. The van der Waals surface area contributed by atoms with Crippen LogP contribution >= 0.6 is 0 Å². The van der Waals surface area contributed by atoms with Crippen molar-refractivity contribution < 1.29 is 0 Å². The topological polar surface area (TPSA) is 38.0 Å². The molecule has 3 rings (SSSR count). The van der Waals surface area contributed by atoms with E-state index in [1.807, 2.05) is 0 Å². The van der Waals surface area contributed by atoms with Crippen molar-refractivity contribution in [3.05, 3.63) is 48.0 Å². The van der Waals surface area contributed by atoms with E-state index >= 15 is 0 Å². The fourth-order valence-corrected chi connectivity index (χ4v) is 2.87. The summed E-state index contributed by atoms with van der Waals surface area (Å²) >= 11 is 0. The molecule has 2 aromatic rings. The van der Waals surface area contributed by atoms with Crippen LogP contribution in [0.15, 0.2) is 42.5 Å². The van der Waals surface area contributed by atoms with Crippen LogP contribution in [0.5, 0.6) is 0 Å². The van der Waals surface area contributed by atoms with Crippen LogP contribution in [-0.4, -0.2) is 12.1 Å². The van der Waals surface area contributed by atoms with Gasteiger partial charge in [0.1, 0.15) is 0 Å². The maximum absolute atomic E-state index is 5.83. The molecule has 0 heterocycles. The molecule has 1 aliphatic rings. The van der Waals surface area contributed by atoms with Gasteiger partial charge in [0.05, 0.1) is 0 Å². The standard InChI is InChI=1S/C16H20N2/c1-11(18-14-9-13(17)10-14)15-8-4-6-12-5-2-3-7-16(12)15/h2-8,11,13-14,18H,9-10,17H2,1H3. The summed E-state index contributed by atoms with van der Waals surface area (Å²) in [6.07, 6.45) is 2.21. The molecule has 0 spiro atoms. The van der Waals surface area contributed by atoms with Gasteiger partial charge in [-0.2, -0.15) is 0 Å². The third kappa shape index (κ3) is 2.14. The molecule has 1 aliphatic carbocycles. The molecular weight excluding hydrogens is 220 g/mol. The van der Waals surface area contributed by atoms with Crippen LogP contribution < -0.4 is 11.1 Å². The maximum Gasteiger partial charge on any atom is 0.0300 e. The van der Waals surface area contributed by atoms with E-state index in [0.717, 1.165) is 12.8 Å². The van der Waals surface area contributed by atoms with Gasteiger partial charge in [-0.3, -0.25) is 0 Å². The van der Waals surface area contributed by atoms with Crippen molar-refractivity contribution in [1.29, 1.82) is 0 Å². The monoisotopic (exact) mass is 240 g/mol. The van der Waals surface area contributed by atoms with Crippen molar-refractivity contribution in [3.8, 4) is 0 Å². The minimum absolute atomic E-state index is 0.383. The zero-order chi connectivity index (χ0) is 12.5. The van der Waals surface area contributed by atoms with Crippen LogP contribution in [0.25, 0.3) is 10.8 Å². The van der Waals surface area contributed by atoms with E-state index in [1.165, 1.54) is 16.3 Å². The molecule has 0 saturated heterocycles. The summed E-state index contributed by atoms with van der Waals surface area (Å²) in [5, 5.41) is 6.34. The van der Waals surface area contributed by atoms with E-state index in [2.05, 4.69) is 54.7 Å². The summed E-state index contributed by atoms with van der Waals surface area (Å²) in [6.45, 7) is 2.24. The van der Waals surface area contributed by atoms with Gasteiger partial charge in [0.2, 0.25) is 0 Å². The Labute approximate surface area is 108 Å². The van der Waals surface area contributed by atoms with Crippen molar-refractivity contribution in [2.24, 2.45) is 5.73 Å². The lowest BCUT2D eigenvalue weighted by atomic mass is 9.86. The lowest BCUT2D eigenvalue weighted by molar-refractivity contribution is 0.273. The molecule has 0 aliphatic heterocycles. The lowest BCUT2D eigenvalue weighted by Crippen LogP contribution is -2.49. The first kappa shape index (κ1) is 11.7. The van der Waals surface area contributed by atoms with Crippen molar-refractivity contribution in [1.82, 2.24) is 5.32 Å². The number of nitrogens with two attached hydrogens (primary N) is 1. The van der Waals surface area contributed by atoms with Gasteiger partial charge in [0.25, 0.3) is 0 Å². The molecule has 0 amide bonds. The van der Waals surface area contributed by atoms with Gasteiger partial charge in [-0.1, -0.05) is 42.5 Å². The Morgan fingerprint density at radius 3 is 2.61 bits per heavy atom. The molecule has 2 heteroatoms. The van der Waals surface area contributed by atoms with Crippen LogP contribution in [0.4, 0.5) is 0 Å². The number of fused-ring (bicyclic) bond motifs is 1. The normalized spacial score (nSPS) is 24.8. The Morgan fingerprint density at radius 2 is 1.83 bits per heavy atom. The summed E-state index contributed by atoms with van der Waals surface area (Å²) in [5.41, 5.74) is 7.22. The fourth-order valence-electron chi connectivity index (χ4n) is 2.87. The first-order valence-corrected chi connectivity index (χ1v) is 6.73. The Morgan fingerprint density at radius 1 is 1.11 bits per heavy atom. The van der Waals surface area contributed by atoms with Crippen molar-refractivity contribution in [3.63, 3.8) is 0 Å². The van der Waals surface area contributed by atoms with Crippen molar-refractivity contribution in [2.75, 3.05) is 0 Å². The highest BCUT2D eigenvalue weighted by Gasteiger charge is 2.27. The molecule has 1 atom stereocenters. The van der Waals surface area contributed by atoms with E-state index in [-0.39, 0.29) is 0 Å². The summed E-state index contributed by atoms with van der Waals surface area (Å²) in [7, 11) is 0. The predicted octanol–water partition coefficient (Wildman–Crippen LogP) is 2.98. The molecular formula is C16H20N2. The molecule has 1 saturated carbocycles. The maximum atomic E-state index is 5.83. The average Bonchev–Trinajstić information content (AvgIpc) is 2.36. The van der Waals surface area contributed by atoms with Gasteiger partial charge >= 0.3 is 0 Å². The van der Waals surface area contributed by atoms with Gasteiger partial charge in [-0.05, 0) is 36.1 Å².